The second-order valence-corrected chi connectivity index (χ2v) is 29.1. The SMILES string of the molecule is Cc1c(-c2ccc(N3CCc4cccc(C(=O)Nc5nc6ccccc6s5)c4C3)nc2C(=O)O)cnn1CC1(C)CC2(C)CC(C)(C)CC(OCCN(C)C(=O)OCc3ccc(OCCOCCNC(=O)CCCCCN4C(=O)C=CC4=O)cc3OC3CC(O)CC(C(=O)O)O3)(C1)C2. The summed E-state index contributed by atoms with van der Waals surface area (Å²) >= 11 is 1.41. The number of nitrogens with zero attached hydrogens (tertiary/aromatic N) is 7. The van der Waals surface area contributed by atoms with Gasteiger partial charge in [-0.1, -0.05) is 69.7 Å². The number of aliphatic carboxylic acids is 1. The second-order valence-electron chi connectivity index (χ2n) is 28.1. The topological polar surface area (TPSA) is 313 Å². The maximum absolute atomic E-state index is 13.8. The Morgan fingerprint density at radius 2 is 1.65 bits per heavy atom. The molecule has 11 rings (SSSR count). The molecule has 3 aliphatic heterocycles. The number of hydrogen-bond donors (Lipinski definition) is 5. The molecular weight excluding hydrogens is 1280 g/mol. The van der Waals surface area contributed by atoms with Crippen LogP contribution >= 0.6 is 11.3 Å². The van der Waals surface area contributed by atoms with Crippen molar-refractivity contribution in [1.82, 2.24) is 34.9 Å². The zero-order valence-corrected chi connectivity index (χ0v) is 57.2. The number of carbonyl (C=O) groups is 7. The number of ether oxygens (including phenoxy) is 6. The lowest BCUT2D eigenvalue weighted by atomic mass is 9.48. The van der Waals surface area contributed by atoms with E-state index in [1.807, 2.05) is 59.0 Å². The summed E-state index contributed by atoms with van der Waals surface area (Å²) in [6.45, 7) is 14.0. The number of aliphatic hydroxyl groups is 1. The first kappa shape index (κ1) is 70.5. The molecule has 6 heterocycles. The van der Waals surface area contributed by atoms with E-state index in [9.17, 15) is 48.9 Å². The molecule has 26 heteroatoms. The predicted molar refractivity (Wildman–Crippen MR) is 363 cm³/mol. The van der Waals surface area contributed by atoms with Crippen molar-refractivity contribution in [3.8, 4) is 22.6 Å². The van der Waals surface area contributed by atoms with Crippen molar-refractivity contribution < 1.29 is 77.3 Å². The number of aromatic carboxylic acids is 1. The van der Waals surface area contributed by atoms with Gasteiger partial charge in [-0.3, -0.25) is 34.1 Å². The Hall–Kier alpha value is -8.82. The third-order valence-electron chi connectivity index (χ3n) is 19.0. The number of para-hydroxylation sites is 1. The molecule has 0 radical (unpaired) electrons. The van der Waals surface area contributed by atoms with E-state index in [2.05, 4.69) is 43.3 Å². The highest BCUT2D eigenvalue weighted by molar-refractivity contribution is 7.22. The summed E-state index contributed by atoms with van der Waals surface area (Å²) in [5.74, 6) is -2.41. The number of rotatable bonds is 29. The minimum absolute atomic E-state index is 0.0105. The number of carboxylic acids is 2. The van der Waals surface area contributed by atoms with Crippen LogP contribution in [0.5, 0.6) is 11.5 Å². The number of anilines is 2. The fourth-order valence-corrected chi connectivity index (χ4v) is 16.4. The van der Waals surface area contributed by atoms with Gasteiger partial charge in [0.2, 0.25) is 12.2 Å². The van der Waals surface area contributed by atoms with Crippen molar-refractivity contribution in [2.45, 2.75) is 155 Å². The molecule has 5 aliphatic rings. The lowest BCUT2D eigenvalue weighted by Crippen LogP contribution is -2.57. The van der Waals surface area contributed by atoms with Crippen LogP contribution in [0.25, 0.3) is 21.3 Å². The molecule has 522 valence electrons. The molecule has 2 saturated carbocycles. The normalized spacial score (nSPS) is 22.5. The minimum atomic E-state index is -1.30. The van der Waals surface area contributed by atoms with Crippen LogP contribution in [0.2, 0.25) is 0 Å². The highest BCUT2D eigenvalue weighted by Gasteiger charge is 2.58. The highest BCUT2D eigenvalue weighted by Crippen LogP contribution is 2.63. The average Bonchev–Trinajstić information content (AvgIpc) is 0.822. The summed E-state index contributed by atoms with van der Waals surface area (Å²) in [5, 5.41) is 42.3. The number of pyridine rings is 1. The van der Waals surface area contributed by atoms with Gasteiger partial charge in [-0.15, -0.1) is 0 Å². The smallest absolute Gasteiger partial charge is 0.409 e. The Morgan fingerprint density at radius 3 is 2.44 bits per heavy atom. The Balaban J connectivity index is 0.683. The van der Waals surface area contributed by atoms with Gasteiger partial charge in [0.25, 0.3) is 17.7 Å². The molecule has 5 amide bonds. The quantitative estimate of drug-likeness (QED) is 0.0215. The van der Waals surface area contributed by atoms with Gasteiger partial charge in [0, 0.05) is 112 Å². The maximum atomic E-state index is 13.8. The number of hydrogen-bond acceptors (Lipinski definition) is 19. The Morgan fingerprint density at radius 1 is 0.847 bits per heavy atom. The fraction of sp³-hybridized carbons (Fsp3) is 0.500. The number of aromatic nitrogens is 4. The number of likely N-dealkylation sites (N-methyl/N-ethyl adjacent to an activating group) is 1. The number of imide groups is 1. The van der Waals surface area contributed by atoms with Gasteiger partial charge in [-0.05, 0) is 128 Å². The summed E-state index contributed by atoms with van der Waals surface area (Å²) < 4.78 is 39.4. The van der Waals surface area contributed by atoms with Gasteiger partial charge in [-0.2, -0.15) is 5.10 Å². The molecule has 6 atom stereocenters. The number of carbonyl (C=O) groups excluding carboxylic acids is 5. The molecule has 2 bridgehead atoms. The van der Waals surface area contributed by atoms with E-state index in [0.717, 1.165) is 52.7 Å². The van der Waals surface area contributed by atoms with Crippen molar-refractivity contribution >= 4 is 74.2 Å². The molecule has 98 heavy (non-hydrogen) atoms. The van der Waals surface area contributed by atoms with Crippen LogP contribution < -0.4 is 25.0 Å². The van der Waals surface area contributed by atoms with Gasteiger partial charge in [0.05, 0.1) is 47.9 Å². The van der Waals surface area contributed by atoms with Gasteiger partial charge < -0.3 is 58.9 Å². The van der Waals surface area contributed by atoms with E-state index < -0.39 is 42.1 Å². The van der Waals surface area contributed by atoms with E-state index in [4.69, 9.17) is 38.5 Å². The third-order valence-corrected chi connectivity index (χ3v) is 20.0. The van der Waals surface area contributed by atoms with Crippen LogP contribution in [0.1, 0.15) is 142 Å². The molecule has 0 spiro atoms. The first-order valence-corrected chi connectivity index (χ1v) is 34.3. The average molecular weight is 1370 g/mol. The monoisotopic (exact) mass is 1370 g/mol. The van der Waals surface area contributed by atoms with Gasteiger partial charge >= 0.3 is 18.0 Å². The number of thiazole rings is 1. The Kier molecular flexibility index (Phi) is 21.7. The number of aliphatic hydroxyl groups excluding tert-OH is 1. The fourth-order valence-electron chi connectivity index (χ4n) is 15.6. The Bertz CT molecular complexity index is 3950. The molecule has 2 aliphatic carbocycles. The lowest BCUT2D eigenvalue weighted by Gasteiger charge is -2.61. The largest absolute Gasteiger partial charge is 0.491 e. The minimum Gasteiger partial charge on any atom is -0.491 e. The molecule has 25 nitrogen and oxygen atoms in total. The van der Waals surface area contributed by atoms with Gasteiger partial charge in [-0.25, -0.2) is 24.4 Å². The van der Waals surface area contributed by atoms with Gasteiger partial charge in [0.15, 0.2) is 16.9 Å². The van der Waals surface area contributed by atoms with Gasteiger partial charge in [0.1, 0.15) is 30.5 Å². The number of amides is 5. The van der Waals surface area contributed by atoms with Crippen LogP contribution in [0.4, 0.5) is 15.7 Å². The van der Waals surface area contributed by atoms with Crippen molar-refractivity contribution in [2.75, 3.05) is 69.9 Å². The molecule has 3 aromatic carbocycles. The zero-order valence-electron chi connectivity index (χ0n) is 56.3. The number of nitrogens with one attached hydrogen (secondary N) is 2. The number of benzene rings is 3. The molecule has 6 unspecified atom stereocenters. The summed E-state index contributed by atoms with van der Waals surface area (Å²) in [6, 6.07) is 22.0. The van der Waals surface area contributed by atoms with Crippen molar-refractivity contribution in [3.05, 3.63) is 125 Å². The summed E-state index contributed by atoms with van der Waals surface area (Å²) in [4.78, 5) is 102. The van der Waals surface area contributed by atoms with Crippen molar-refractivity contribution in [2.24, 2.45) is 16.2 Å². The van der Waals surface area contributed by atoms with E-state index in [0.29, 0.717) is 104 Å². The second kappa shape index (κ2) is 30.1. The maximum Gasteiger partial charge on any atom is 0.409 e. The number of carboxylic acid groups (broad SMARTS) is 2. The standard InChI is InChI=1S/C72H87N9O16S/c1-45-52(50-20-21-58(76-63(50)66(89)90)79-27-24-46-13-12-14-51(53(46)37-79)64(86)77-67-75-54-15-9-10-16-57(54)98-67)36-74-81(45)44-71(5)41-70(4)39-69(2,3)40-72(42-70,43-71)95-30-28-78(6)68(91)94-38-47-18-19-49(35-55(47)96-62-34-48(82)33-56(97-62)65(87)88)93-32-31-92-29-25-73-59(83)17-8-7-11-26-80-60(84)22-23-61(80)85/h9-10,12-16,18-23,35-36,48,56,62,82H,7-8,11,17,24-34,37-44H2,1-6H3,(H,73,83)(H,87,88)(H,89,90)(H,75,77,86). The van der Waals surface area contributed by atoms with Crippen molar-refractivity contribution in [3.63, 3.8) is 0 Å². The molecular formula is C72H87N9O16S. The van der Waals surface area contributed by atoms with E-state index in [1.54, 1.807) is 43.6 Å². The van der Waals surface area contributed by atoms with Crippen LogP contribution in [-0.4, -0.2) is 170 Å². The van der Waals surface area contributed by atoms with E-state index >= 15 is 0 Å². The zero-order chi connectivity index (χ0) is 69.5. The van der Waals surface area contributed by atoms with E-state index in [1.165, 1.54) is 33.3 Å². The molecule has 5 N–H and O–H groups in total. The Labute approximate surface area is 572 Å². The van der Waals surface area contributed by atoms with Crippen LogP contribution in [-0.2, 0) is 64.2 Å². The molecule has 3 fully saturated rings. The third kappa shape index (κ3) is 17.2. The van der Waals surface area contributed by atoms with Crippen LogP contribution in [0.15, 0.2) is 91.1 Å². The van der Waals surface area contributed by atoms with Crippen LogP contribution in [0, 0.1) is 23.2 Å². The summed E-state index contributed by atoms with van der Waals surface area (Å²) in [6.07, 6.45) is 7.11. The first-order chi connectivity index (χ1) is 46.8. The molecule has 3 aromatic heterocycles. The molecule has 6 aromatic rings. The number of fused-ring (bicyclic) bond motifs is 4. The summed E-state index contributed by atoms with van der Waals surface area (Å²) in [7, 11) is 1.64. The number of unbranched alkanes of at least 4 members (excludes halogenated alkanes) is 2. The highest BCUT2D eigenvalue weighted by atomic mass is 32.1. The first-order valence-electron chi connectivity index (χ1n) is 33.5. The van der Waals surface area contributed by atoms with Crippen molar-refractivity contribution in [1.29, 1.82) is 0 Å². The summed E-state index contributed by atoms with van der Waals surface area (Å²) in [5.41, 5.74) is 4.51. The predicted octanol–water partition coefficient (Wildman–Crippen LogP) is 9.74. The lowest BCUT2D eigenvalue weighted by molar-refractivity contribution is -0.195. The van der Waals surface area contributed by atoms with Crippen LogP contribution in [0.3, 0.4) is 0 Å². The van der Waals surface area contributed by atoms with E-state index in [-0.39, 0.29) is 110 Å². The molecule has 1 saturated heterocycles.